The maximum absolute atomic E-state index is 12.9. The molecule has 0 aromatic heterocycles. The Bertz CT molecular complexity index is 1120. The second-order valence-electron chi connectivity index (χ2n) is 6.85. The van der Waals surface area contributed by atoms with Crippen molar-refractivity contribution in [2.75, 3.05) is 11.9 Å². The highest BCUT2D eigenvalue weighted by atomic mass is 32.2. The van der Waals surface area contributed by atoms with E-state index in [9.17, 15) is 9.59 Å². The van der Waals surface area contributed by atoms with Gasteiger partial charge in [-0.1, -0.05) is 72.4 Å². The zero-order chi connectivity index (χ0) is 20.9. The molecule has 0 unspecified atom stereocenters. The Morgan fingerprint density at radius 3 is 2.60 bits per heavy atom. The molecule has 1 saturated heterocycles. The van der Waals surface area contributed by atoms with Gasteiger partial charge in [-0.15, -0.1) is 6.58 Å². The average molecular weight is 416 g/mol. The number of nitrogens with one attached hydrogen (secondary N) is 1. The topological polar surface area (TPSA) is 61.8 Å². The number of anilines is 1. The van der Waals surface area contributed by atoms with Gasteiger partial charge in [0.25, 0.3) is 0 Å². The van der Waals surface area contributed by atoms with Crippen LogP contribution in [0.5, 0.6) is 0 Å². The number of fused-ring (bicyclic) bond motifs is 1. The van der Waals surface area contributed by atoms with Crippen molar-refractivity contribution in [3.8, 4) is 0 Å². The van der Waals surface area contributed by atoms with Crippen molar-refractivity contribution in [3.63, 3.8) is 0 Å². The summed E-state index contributed by atoms with van der Waals surface area (Å²) in [5.41, 5.74) is 1.51. The number of benzene rings is 3. The average Bonchev–Trinajstić information content (AvgIpc) is 3.04. The van der Waals surface area contributed by atoms with Gasteiger partial charge in [-0.05, 0) is 23.6 Å². The zero-order valence-corrected chi connectivity index (χ0v) is 17.1. The van der Waals surface area contributed by atoms with E-state index in [-0.39, 0.29) is 18.2 Å². The Balaban J connectivity index is 1.57. The number of nitrogens with zero attached hydrogens (tertiary/aromatic N) is 2. The van der Waals surface area contributed by atoms with Crippen LogP contribution in [0.15, 0.2) is 90.4 Å². The number of amides is 2. The number of amidine groups is 1. The van der Waals surface area contributed by atoms with Crippen molar-refractivity contribution < 1.29 is 9.59 Å². The molecular weight excluding hydrogens is 394 g/mol. The molecule has 5 nitrogen and oxygen atoms in total. The molecule has 1 aliphatic heterocycles. The largest absolute Gasteiger partial charge is 0.326 e. The third kappa shape index (κ3) is 4.28. The van der Waals surface area contributed by atoms with E-state index in [1.165, 1.54) is 11.8 Å². The second-order valence-corrected chi connectivity index (χ2v) is 8.02. The fraction of sp³-hybridized carbons (Fsp3) is 0.125. The number of thioether (sulfide) groups is 1. The van der Waals surface area contributed by atoms with Crippen LogP contribution in [0.3, 0.4) is 0 Å². The van der Waals surface area contributed by atoms with E-state index >= 15 is 0 Å². The molecule has 1 heterocycles. The molecule has 3 aromatic carbocycles. The highest BCUT2D eigenvalue weighted by molar-refractivity contribution is 8.15. The Morgan fingerprint density at radius 2 is 1.80 bits per heavy atom. The molecule has 150 valence electrons. The number of hydrogen-bond donors (Lipinski definition) is 1. The monoisotopic (exact) mass is 415 g/mol. The Labute approximate surface area is 179 Å². The third-order valence-corrected chi connectivity index (χ3v) is 5.92. The summed E-state index contributed by atoms with van der Waals surface area (Å²) in [6.45, 7) is 4.11. The normalized spacial score (nSPS) is 17.5. The molecule has 2 amide bonds. The molecule has 1 atom stereocenters. The molecule has 1 N–H and O–H groups in total. The lowest BCUT2D eigenvalue weighted by molar-refractivity contribution is -0.127. The molecule has 30 heavy (non-hydrogen) atoms. The van der Waals surface area contributed by atoms with Crippen molar-refractivity contribution in [2.24, 2.45) is 4.99 Å². The van der Waals surface area contributed by atoms with E-state index in [1.807, 2.05) is 72.8 Å². The van der Waals surface area contributed by atoms with Gasteiger partial charge in [0.2, 0.25) is 11.8 Å². The molecule has 0 radical (unpaired) electrons. The fourth-order valence-corrected chi connectivity index (χ4v) is 4.49. The van der Waals surface area contributed by atoms with E-state index in [4.69, 9.17) is 4.99 Å². The molecule has 1 aliphatic rings. The third-order valence-electron chi connectivity index (χ3n) is 4.74. The molecule has 0 saturated carbocycles. The first-order valence-electron chi connectivity index (χ1n) is 9.66. The maximum atomic E-state index is 12.9. The summed E-state index contributed by atoms with van der Waals surface area (Å²) < 4.78 is 0. The van der Waals surface area contributed by atoms with Crippen LogP contribution in [-0.2, 0) is 9.59 Å². The van der Waals surface area contributed by atoms with Crippen LogP contribution in [0.25, 0.3) is 10.8 Å². The molecule has 3 aromatic rings. The van der Waals surface area contributed by atoms with Crippen LogP contribution in [-0.4, -0.2) is 33.7 Å². The minimum absolute atomic E-state index is 0.0839. The second kappa shape index (κ2) is 8.97. The highest BCUT2D eigenvalue weighted by Crippen LogP contribution is 2.34. The van der Waals surface area contributed by atoms with Crippen LogP contribution < -0.4 is 5.32 Å². The number of carbonyl (C=O) groups excluding carboxylic acids is 2. The van der Waals surface area contributed by atoms with Gasteiger partial charge in [0, 0.05) is 24.0 Å². The van der Waals surface area contributed by atoms with E-state index in [0.717, 1.165) is 16.5 Å². The lowest BCUT2D eigenvalue weighted by Crippen LogP contribution is -2.33. The molecule has 0 aliphatic carbocycles. The fourth-order valence-electron chi connectivity index (χ4n) is 3.33. The SMILES string of the molecule is C=CCN1C(=O)[C@@H](CC(=O)Nc2ccccc2)SC1=Nc1cccc2ccccc12. The summed E-state index contributed by atoms with van der Waals surface area (Å²) >= 11 is 1.33. The maximum Gasteiger partial charge on any atom is 0.242 e. The van der Waals surface area contributed by atoms with Gasteiger partial charge >= 0.3 is 0 Å². The van der Waals surface area contributed by atoms with Crippen molar-refractivity contribution in [1.29, 1.82) is 0 Å². The zero-order valence-electron chi connectivity index (χ0n) is 16.3. The lowest BCUT2D eigenvalue weighted by Gasteiger charge is -2.14. The number of para-hydroxylation sites is 1. The van der Waals surface area contributed by atoms with Gasteiger partial charge in [0.15, 0.2) is 5.17 Å². The van der Waals surface area contributed by atoms with E-state index < -0.39 is 5.25 Å². The van der Waals surface area contributed by atoms with Gasteiger partial charge in [0.1, 0.15) is 5.25 Å². The Hall–Kier alpha value is -3.38. The quantitative estimate of drug-likeness (QED) is 0.577. The smallest absolute Gasteiger partial charge is 0.242 e. The van der Waals surface area contributed by atoms with Gasteiger partial charge in [-0.2, -0.15) is 0 Å². The summed E-state index contributed by atoms with van der Waals surface area (Å²) in [6, 6.07) is 23.1. The van der Waals surface area contributed by atoms with E-state index in [1.54, 1.807) is 11.0 Å². The molecule has 0 bridgehead atoms. The predicted molar refractivity (Wildman–Crippen MR) is 124 cm³/mol. The van der Waals surface area contributed by atoms with Crippen LogP contribution in [0.2, 0.25) is 0 Å². The van der Waals surface area contributed by atoms with Crippen LogP contribution in [0.4, 0.5) is 11.4 Å². The standard InChI is InChI=1S/C24H21N3O2S/c1-2-15-27-23(29)21(16-22(28)25-18-11-4-3-5-12-18)30-24(27)26-20-14-8-10-17-9-6-7-13-19(17)20/h2-14,21H,1,15-16H2,(H,25,28)/t21-/m1/s1. The summed E-state index contributed by atoms with van der Waals surface area (Å²) in [7, 11) is 0. The molecule has 6 heteroatoms. The number of carbonyl (C=O) groups is 2. The minimum Gasteiger partial charge on any atom is -0.326 e. The molecular formula is C24H21N3O2S. The summed E-state index contributed by atoms with van der Waals surface area (Å²) in [4.78, 5) is 31.8. The Morgan fingerprint density at radius 1 is 1.07 bits per heavy atom. The van der Waals surface area contributed by atoms with E-state index in [2.05, 4.69) is 11.9 Å². The lowest BCUT2D eigenvalue weighted by atomic mass is 10.1. The summed E-state index contributed by atoms with van der Waals surface area (Å²) in [5.74, 6) is -0.320. The summed E-state index contributed by atoms with van der Waals surface area (Å²) in [5, 5.41) is 5.03. The predicted octanol–water partition coefficient (Wildman–Crippen LogP) is 4.99. The number of aliphatic imine (C=N–C) groups is 1. The number of hydrogen-bond acceptors (Lipinski definition) is 4. The van der Waals surface area contributed by atoms with Crippen molar-refractivity contribution in [2.45, 2.75) is 11.7 Å². The minimum atomic E-state index is -0.512. The van der Waals surface area contributed by atoms with Crippen molar-refractivity contribution in [3.05, 3.63) is 85.5 Å². The highest BCUT2D eigenvalue weighted by Gasteiger charge is 2.38. The van der Waals surface area contributed by atoms with Gasteiger partial charge in [-0.25, -0.2) is 4.99 Å². The van der Waals surface area contributed by atoms with Crippen molar-refractivity contribution in [1.82, 2.24) is 4.90 Å². The van der Waals surface area contributed by atoms with Crippen molar-refractivity contribution >= 4 is 50.9 Å². The number of rotatable bonds is 6. The van der Waals surface area contributed by atoms with Crippen LogP contribution in [0, 0.1) is 0 Å². The first-order chi connectivity index (χ1) is 14.7. The van der Waals surface area contributed by atoms with Crippen LogP contribution >= 0.6 is 11.8 Å². The van der Waals surface area contributed by atoms with Gasteiger partial charge in [-0.3, -0.25) is 14.5 Å². The summed E-state index contributed by atoms with van der Waals surface area (Å²) in [6.07, 6.45) is 1.75. The van der Waals surface area contributed by atoms with E-state index in [0.29, 0.717) is 17.4 Å². The first-order valence-corrected chi connectivity index (χ1v) is 10.5. The van der Waals surface area contributed by atoms with Gasteiger partial charge < -0.3 is 5.32 Å². The first kappa shape index (κ1) is 19.9. The van der Waals surface area contributed by atoms with Gasteiger partial charge in [0.05, 0.1) is 5.69 Å². The molecule has 4 rings (SSSR count). The molecule has 0 spiro atoms. The Kier molecular flexibility index (Phi) is 5.95. The van der Waals surface area contributed by atoms with Crippen LogP contribution in [0.1, 0.15) is 6.42 Å². The molecule has 1 fully saturated rings.